The second-order valence-corrected chi connectivity index (χ2v) is 9.51. The Bertz CT molecular complexity index is 1070. The maximum atomic E-state index is 6.21. The Morgan fingerprint density at radius 1 is 0.703 bits per heavy atom. The minimum atomic E-state index is 0. The largest absolute Gasteiger partial charge is 0.497 e. The third-order valence-electron chi connectivity index (χ3n) is 6.80. The predicted molar refractivity (Wildman–Crippen MR) is 154 cm³/mol. The van der Waals surface area contributed by atoms with Gasteiger partial charge in [-0.25, -0.2) is 0 Å². The van der Waals surface area contributed by atoms with Gasteiger partial charge in [0.05, 0.1) is 13.7 Å². The molecule has 1 heterocycles. The van der Waals surface area contributed by atoms with E-state index in [1.54, 1.807) is 7.11 Å². The van der Waals surface area contributed by atoms with E-state index in [9.17, 15) is 0 Å². The summed E-state index contributed by atoms with van der Waals surface area (Å²) in [5, 5.41) is 0. The molecule has 1 fully saturated rings. The minimum absolute atomic E-state index is 0. The molecule has 0 aliphatic carbocycles. The molecule has 3 aromatic rings. The first-order valence-corrected chi connectivity index (χ1v) is 13.2. The summed E-state index contributed by atoms with van der Waals surface area (Å²) in [6.45, 7) is 10.1. The topological polar surface area (TPSA) is 34.2 Å². The Morgan fingerprint density at radius 3 is 2.22 bits per heavy atom. The monoisotopic (exact) mass is 524 g/mol. The molecule has 0 N–H and O–H groups in total. The molecule has 1 aliphatic heterocycles. The van der Waals surface area contributed by atoms with E-state index in [0.29, 0.717) is 0 Å². The van der Waals surface area contributed by atoms with Crippen LogP contribution in [0.4, 0.5) is 0 Å². The molecule has 37 heavy (non-hydrogen) atoms. The number of para-hydroxylation sites is 1. The quantitative estimate of drug-likeness (QED) is 0.269. The highest BCUT2D eigenvalue weighted by atomic mass is 35.5. The van der Waals surface area contributed by atoms with Crippen LogP contribution in [0.15, 0.2) is 72.8 Å². The van der Waals surface area contributed by atoms with Gasteiger partial charge in [-0.2, -0.15) is 0 Å². The van der Waals surface area contributed by atoms with Crippen molar-refractivity contribution in [3.05, 3.63) is 89.5 Å². The average molecular weight is 525 g/mol. The highest BCUT2D eigenvalue weighted by Gasteiger charge is 2.16. The van der Waals surface area contributed by atoms with Crippen molar-refractivity contribution in [2.24, 2.45) is 0 Å². The van der Waals surface area contributed by atoms with Crippen molar-refractivity contribution in [1.29, 1.82) is 0 Å². The summed E-state index contributed by atoms with van der Waals surface area (Å²) in [4.78, 5) is 5.05. The van der Waals surface area contributed by atoms with Gasteiger partial charge in [-0.1, -0.05) is 42.5 Å². The zero-order chi connectivity index (χ0) is 25.0. The Balaban J connectivity index is 0.00000380. The fourth-order valence-electron chi connectivity index (χ4n) is 4.66. The fraction of sp³-hybridized carbons (Fsp3) is 0.419. The van der Waals surface area contributed by atoms with E-state index in [4.69, 9.17) is 14.2 Å². The van der Waals surface area contributed by atoms with Crippen LogP contribution in [-0.2, 0) is 12.8 Å². The number of ether oxygens (including phenoxy) is 3. The fourth-order valence-corrected chi connectivity index (χ4v) is 4.66. The summed E-state index contributed by atoms with van der Waals surface area (Å²) in [6, 6.07) is 25.0. The maximum Gasteiger partial charge on any atom is 0.122 e. The summed E-state index contributed by atoms with van der Waals surface area (Å²) < 4.78 is 17.5. The molecule has 1 aliphatic rings. The van der Waals surface area contributed by atoms with E-state index >= 15 is 0 Å². The van der Waals surface area contributed by atoms with Gasteiger partial charge < -0.3 is 19.1 Å². The lowest BCUT2D eigenvalue weighted by atomic mass is 10.0. The zero-order valence-electron chi connectivity index (χ0n) is 22.2. The lowest BCUT2D eigenvalue weighted by molar-refractivity contribution is 0.112. The number of methoxy groups -OCH3 is 1. The predicted octanol–water partition coefficient (Wildman–Crippen LogP) is 5.68. The van der Waals surface area contributed by atoms with E-state index < -0.39 is 0 Å². The third-order valence-corrected chi connectivity index (χ3v) is 6.80. The van der Waals surface area contributed by atoms with Crippen molar-refractivity contribution >= 4 is 12.4 Å². The van der Waals surface area contributed by atoms with Crippen LogP contribution in [-0.4, -0.2) is 69.4 Å². The van der Waals surface area contributed by atoms with Gasteiger partial charge in [0.2, 0.25) is 0 Å². The van der Waals surface area contributed by atoms with Crippen LogP contribution in [0, 0.1) is 6.92 Å². The highest BCUT2D eigenvalue weighted by Crippen LogP contribution is 2.22. The van der Waals surface area contributed by atoms with Crippen LogP contribution in [0.2, 0.25) is 0 Å². The van der Waals surface area contributed by atoms with Gasteiger partial charge in [0.1, 0.15) is 23.9 Å². The molecule has 0 saturated carbocycles. The van der Waals surface area contributed by atoms with Gasteiger partial charge in [0.15, 0.2) is 0 Å². The summed E-state index contributed by atoms with van der Waals surface area (Å²) >= 11 is 0. The molecule has 0 bridgehead atoms. The molecule has 0 spiro atoms. The second-order valence-electron chi connectivity index (χ2n) is 9.51. The smallest absolute Gasteiger partial charge is 0.122 e. The first kappa shape index (κ1) is 28.8. The first-order valence-electron chi connectivity index (χ1n) is 13.2. The van der Waals surface area contributed by atoms with Crippen molar-refractivity contribution in [2.75, 3.05) is 59.6 Å². The van der Waals surface area contributed by atoms with E-state index in [1.165, 1.54) is 16.7 Å². The minimum Gasteiger partial charge on any atom is -0.497 e. The summed E-state index contributed by atoms with van der Waals surface area (Å²) in [5.74, 6) is 2.89. The highest BCUT2D eigenvalue weighted by molar-refractivity contribution is 5.85. The van der Waals surface area contributed by atoms with Crippen molar-refractivity contribution in [3.63, 3.8) is 0 Å². The van der Waals surface area contributed by atoms with E-state index in [0.717, 1.165) is 89.0 Å². The Kier molecular flexibility index (Phi) is 12.1. The van der Waals surface area contributed by atoms with Gasteiger partial charge in [-0.15, -0.1) is 12.4 Å². The number of rotatable bonds is 13. The number of hydrogen-bond donors (Lipinski definition) is 0. The van der Waals surface area contributed by atoms with Crippen molar-refractivity contribution < 1.29 is 14.2 Å². The molecule has 200 valence electrons. The van der Waals surface area contributed by atoms with Gasteiger partial charge in [-0.05, 0) is 73.2 Å². The van der Waals surface area contributed by atoms with Crippen molar-refractivity contribution in [3.8, 4) is 17.2 Å². The summed E-state index contributed by atoms with van der Waals surface area (Å²) in [5.41, 5.74) is 3.79. The number of hydrogen-bond acceptors (Lipinski definition) is 5. The molecule has 0 atom stereocenters. The number of nitrogens with zero attached hydrogens (tertiary/aromatic N) is 2. The molecule has 4 rings (SSSR count). The molecule has 1 saturated heterocycles. The normalized spacial score (nSPS) is 14.1. The van der Waals surface area contributed by atoms with Crippen LogP contribution in [0.3, 0.4) is 0 Å². The molecular weight excluding hydrogens is 484 g/mol. The third kappa shape index (κ3) is 9.58. The second kappa shape index (κ2) is 15.5. The molecule has 5 nitrogen and oxygen atoms in total. The standard InChI is InChI=1S/C31H40N2O3.ClH/c1-26-8-5-12-30(24-26)35-23-21-33-19-17-32(18-20-33)16-7-22-36-31-13-4-3-10-28(31)15-14-27-9-6-11-29(25-27)34-2;/h3-6,8-13,24-25H,7,14-23H2,1-2H3;1H. The number of benzene rings is 3. The van der Waals surface area contributed by atoms with Gasteiger partial charge in [0, 0.05) is 39.3 Å². The van der Waals surface area contributed by atoms with Crippen LogP contribution in [0.1, 0.15) is 23.1 Å². The lowest BCUT2D eigenvalue weighted by Gasteiger charge is -2.34. The van der Waals surface area contributed by atoms with Crippen LogP contribution < -0.4 is 14.2 Å². The molecule has 6 heteroatoms. The van der Waals surface area contributed by atoms with Gasteiger partial charge in [0.25, 0.3) is 0 Å². The number of halogens is 1. The average Bonchev–Trinajstić information content (AvgIpc) is 2.91. The Morgan fingerprint density at radius 2 is 1.43 bits per heavy atom. The van der Waals surface area contributed by atoms with E-state index in [-0.39, 0.29) is 12.4 Å². The first-order chi connectivity index (χ1) is 17.7. The van der Waals surface area contributed by atoms with Crippen LogP contribution >= 0.6 is 12.4 Å². The zero-order valence-corrected chi connectivity index (χ0v) is 23.1. The number of piperazine rings is 1. The molecule has 0 unspecified atom stereocenters. The summed E-state index contributed by atoms with van der Waals surface area (Å²) in [7, 11) is 1.71. The lowest BCUT2D eigenvalue weighted by Crippen LogP contribution is -2.47. The van der Waals surface area contributed by atoms with Crippen molar-refractivity contribution in [1.82, 2.24) is 9.80 Å². The maximum absolute atomic E-state index is 6.21. The summed E-state index contributed by atoms with van der Waals surface area (Å²) in [6.07, 6.45) is 2.97. The van der Waals surface area contributed by atoms with Crippen LogP contribution in [0.25, 0.3) is 0 Å². The molecule has 0 amide bonds. The number of aryl methyl sites for hydroxylation is 3. The van der Waals surface area contributed by atoms with E-state index in [2.05, 4.69) is 71.3 Å². The van der Waals surface area contributed by atoms with Gasteiger partial charge in [-0.3, -0.25) is 4.90 Å². The van der Waals surface area contributed by atoms with Gasteiger partial charge >= 0.3 is 0 Å². The molecular formula is C31H41ClN2O3. The van der Waals surface area contributed by atoms with Crippen molar-refractivity contribution in [2.45, 2.75) is 26.2 Å². The Hall–Kier alpha value is -2.73. The molecule has 0 aromatic heterocycles. The molecule has 0 radical (unpaired) electrons. The van der Waals surface area contributed by atoms with Crippen LogP contribution in [0.5, 0.6) is 17.2 Å². The Labute approximate surface area is 228 Å². The van der Waals surface area contributed by atoms with E-state index in [1.807, 2.05) is 18.2 Å². The molecule has 3 aromatic carbocycles. The SMILES string of the molecule is COc1cccc(CCc2ccccc2OCCCN2CCN(CCOc3cccc(C)c3)CC2)c1.Cl.